The molecule has 1 aromatic heterocycles. The molecule has 0 spiro atoms. The number of rotatable bonds is 3. The second kappa shape index (κ2) is 6.00. The minimum Gasteiger partial charge on any atom is -0.378 e. The summed E-state index contributed by atoms with van der Waals surface area (Å²) in [6.45, 7) is 1.14. The number of benzene rings is 1. The fraction of sp³-hybridized carbons (Fsp3) is 0.333. The summed E-state index contributed by atoms with van der Waals surface area (Å²) in [5.74, 6) is 0. The summed E-state index contributed by atoms with van der Waals surface area (Å²) in [5.41, 5.74) is 1.74. The van der Waals surface area contributed by atoms with Gasteiger partial charge in [0.1, 0.15) is 11.1 Å². The quantitative estimate of drug-likeness (QED) is 0.913. The molecule has 2 aliphatic heterocycles. The van der Waals surface area contributed by atoms with E-state index in [1.165, 1.54) is 5.41 Å². The lowest BCUT2D eigenvalue weighted by molar-refractivity contribution is 0.149. The Labute approximate surface area is 146 Å². The molecule has 4 rings (SSSR count). The summed E-state index contributed by atoms with van der Waals surface area (Å²) >= 11 is 0. The van der Waals surface area contributed by atoms with Crippen LogP contribution in [0.25, 0.3) is 5.70 Å². The van der Waals surface area contributed by atoms with E-state index >= 15 is 0 Å². The zero-order chi connectivity index (χ0) is 17.6. The van der Waals surface area contributed by atoms with Gasteiger partial charge in [0, 0.05) is 31.0 Å². The van der Waals surface area contributed by atoms with Crippen LogP contribution in [0, 0.1) is 0 Å². The van der Waals surface area contributed by atoms with Crippen LogP contribution >= 0.6 is 0 Å². The Morgan fingerprint density at radius 3 is 2.68 bits per heavy atom. The molecule has 5 nitrogen and oxygen atoms in total. The summed E-state index contributed by atoms with van der Waals surface area (Å²) in [5, 5.41) is 4.43. The Hall–Kier alpha value is -2.12. The number of fused-ring (bicyclic) bond motifs is 1. The van der Waals surface area contributed by atoms with E-state index in [0.717, 1.165) is 6.54 Å². The molecule has 0 aliphatic carbocycles. The Morgan fingerprint density at radius 2 is 1.96 bits per heavy atom. The van der Waals surface area contributed by atoms with Gasteiger partial charge in [-0.05, 0) is 31.7 Å². The van der Waals surface area contributed by atoms with Gasteiger partial charge < -0.3 is 14.8 Å². The van der Waals surface area contributed by atoms with E-state index in [0.29, 0.717) is 29.9 Å². The first-order valence-corrected chi connectivity index (χ1v) is 9.83. The van der Waals surface area contributed by atoms with Gasteiger partial charge in [0.25, 0.3) is 0 Å². The maximum atomic E-state index is 14.4. The molecule has 0 amide bonds. The third-order valence-electron chi connectivity index (χ3n) is 4.81. The number of aromatic nitrogens is 1. The monoisotopic (exact) mass is 361 g/mol. The van der Waals surface area contributed by atoms with Crippen LogP contribution in [0.5, 0.6) is 0 Å². The van der Waals surface area contributed by atoms with Gasteiger partial charge in [0.15, 0.2) is 0 Å². The van der Waals surface area contributed by atoms with Crippen molar-refractivity contribution in [1.29, 1.82) is 0 Å². The fourth-order valence-electron chi connectivity index (χ4n) is 3.54. The molecule has 1 aromatic carbocycles. The Balaban J connectivity index is 1.72. The molecule has 1 N–H and O–H groups in total. The van der Waals surface area contributed by atoms with Gasteiger partial charge in [0.2, 0.25) is 9.84 Å². The number of nitrogens with zero attached hydrogens (tertiary/aromatic N) is 2. The summed E-state index contributed by atoms with van der Waals surface area (Å²) < 4.78 is 41.6. The molecule has 0 unspecified atom stereocenters. The predicted octanol–water partition coefficient (Wildman–Crippen LogP) is 2.58. The lowest BCUT2D eigenvalue weighted by Crippen LogP contribution is -2.46. The topological polar surface area (TPSA) is 54.3 Å². The van der Waals surface area contributed by atoms with Crippen LogP contribution < -0.4 is 5.32 Å². The number of piperidine rings is 1. The van der Waals surface area contributed by atoms with Crippen molar-refractivity contribution >= 4 is 21.2 Å². The summed E-state index contributed by atoms with van der Waals surface area (Å²) in [6, 6.07) is 8.63. The molecule has 2 aliphatic rings. The molecule has 132 valence electrons. The highest BCUT2D eigenvalue weighted by atomic mass is 32.2. The number of nitrogens with one attached hydrogen (secondary N) is 1. The zero-order valence-electron chi connectivity index (χ0n) is 13.9. The van der Waals surface area contributed by atoms with E-state index in [1.807, 2.05) is 42.5 Å². The van der Waals surface area contributed by atoms with Gasteiger partial charge in [0.05, 0.1) is 22.8 Å². The summed E-state index contributed by atoms with van der Waals surface area (Å²) in [4.78, 5) is 2.19. The smallest absolute Gasteiger partial charge is 0.204 e. The molecule has 0 radical (unpaired) electrons. The van der Waals surface area contributed by atoms with Crippen LogP contribution in [-0.4, -0.2) is 50.2 Å². The second-order valence-electron chi connectivity index (χ2n) is 6.64. The van der Waals surface area contributed by atoms with Crippen LogP contribution in [0.4, 0.5) is 10.1 Å². The summed E-state index contributed by atoms with van der Waals surface area (Å²) in [7, 11) is -1.68. The minimum absolute atomic E-state index is 0.241. The van der Waals surface area contributed by atoms with Crippen LogP contribution in [0.2, 0.25) is 0 Å². The van der Waals surface area contributed by atoms with Crippen molar-refractivity contribution in [1.82, 2.24) is 9.47 Å². The Kier molecular flexibility index (Phi) is 3.92. The van der Waals surface area contributed by atoms with Crippen molar-refractivity contribution in [3.05, 3.63) is 53.7 Å². The number of sulfone groups is 1. The maximum Gasteiger partial charge on any atom is 0.204 e. The number of halogens is 1. The number of alkyl halides is 1. The molecule has 0 saturated carbocycles. The Bertz CT molecular complexity index is 922. The van der Waals surface area contributed by atoms with Gasteiger partial charge in [-0.3, -0.25) is 0 Å². The van der Waals surface area contributed by atoms with E-state index in [1.54, 1.807) is 16.7 Å². The van der Waals surface area contributed by atoms with Crippen molar-refractivity contribution < 1.29 is 12.8 Å². The minimum atomic E-state index is -3.57. The first-order valence-electron chi connectivity index (χ1n) is 8.28. The van der Waals surface area contributed by atoms with Crippen molar-refractivity contribution in [2.75, 3.05) is 25.5 Å². The molecule has 1 saturated heterocycles. The average Bonchev–Trinajstić information content (AvgIpc) is 3.17. The number of anilines is 1. The average molecular weight is 361 g/mol. The fourth-order valence-corrected chi connectivity index (χ4v) is 5.12. The number of hydrogen-bond acceptors (Lipinski definition) is 4. The first kappa shape index (κ1) is 16.4. The lowest BCUT2D eigenvalue weighted by Gasteiger charge is -2.33. The highest BCUT2D eigenvalue weighted by Crippen LogP contribution is 2.39. The van der Waals surface area contributed by atoms with E-state index in [9.17, 15) is 12.8 Å². The molecule has 2 atom stereocenters. The van der Waals surface area contributed by atoms with Gasteiger partial charge in [-0.2, -0.15) is 0 Å². The van der Waals surface area contributed by atoms with E-state index in [2.05, 4.69) is 5.32 Å². The first-order chi connectivity index (χ1) is 12.0. The van der Waals surface area contributed by atoms with E-state index in [-0.39, 0.29) is 10.9 Å². The van der Waals surface area contributed by atoms with Crippen molar-refractivity contribution in [2.45, 2.75) is 23.5 Å². The zero-order valence-corrected chi connectivity index (χ0v) is 14.7. The Morgan fingerprint density at radius 1 is 1.20 bits per heavy atom. The molecule has 2 aromatic rings. The third kappa shape index (κ3) is 2.87. The number of likely N-dealkylation sites (tertiary alicyclic amines) is 1. The summed E-state index contributed by atoms with van der Waals surface area (Å²) in [6.07, 6.45) is 3.23. The third-order valence-corrected chi connectivity index (χ3v) is 6.35. The molecule has 7 heteroatoms. The van der Waals surface area contributed by atoms with Crippen LogP contribution in [0.1, 0.15) is 12.0 Å². The van der Waals surface area contributed by atoms with Crippen LogP contribution in [-0.2, 0) is 9.84 Å². The molecular formula is C18H20FN3O2S. The van der Waals surface area contributed by atoms with Gasteiger partial charge in [-0.1, -0.05) is 12.1 Å². The molecular weight excluding hydrogens is 341 g/mol. The van der Waals surface area contributed by atoms with Gasteiger partial charge in [-0.15, -0.1) is 0 Å². The van der Waals surface area contributed by atoms with E-state index < -0.39 is 16.0 Å². The second-order valence-corrected chi connectivity index (χ2v) is 8.37. The maximum absolute atomic E-state index is 14.4. The van der Waals surface area contributed by atoms with Crippen LogP contribution in [0.15, 0.2) is 53.0 Å². The molecule has 1 fully saturated rings. The highest BCUT2D eigenvalue weighted by molar-refractivity contribution is 7.95. The predicted molar refractivity (Wildman–Crippen MR) is 95.9 cm³/mol. The largest absolute Gasteiger partial charge is 0.378 e. The van der Waals surface area contributed by atoms with Gasteiger partial charge >= 0.3 is 0 Å². The van der Waals surface area contributed by atoms with Gasteiger partial charge in [-0.25, -0.2) is 12.8 Å². The highest BCUT2D eigenvalue weighted by Gasteiger charge is 2.33. The lowest BCUT2D eigenvalue weighted by atomic mass is 10.0. The van der Waals surface area contributed by atoms with Crippen LogP contribution in [0.3, 0.4) is 0 Å². The molecule has 25 heavy (non-hydrogen) atoms. The molecule has 3 heterocycles. The molecule has 0 bridgehead atoms. The standard InChI is InChI=1S/C18H20FN3O2S/c1-21-10-7-15(14(19)11-21)20-16-6-4-5-13-17(22-8-2-3-9-22)12-25(23,24)18(13)16/h2-6,8-9,12,14-15,20H,7,10-11H2,1H3/t14-,15+/m1/s1. The number of hydrogen-bond donors (Lipinski definition) is 1. The normalized spacial score (nSPS) is 25.4. The van der Waals surface area contributed by atoms with Crippen molar-refractivity contribution in [2.24, 2.45) is 0 Å². The van der Waals surface area contributed by atoms with Crippen molar-refractivity contribution in [3.63, 3.8) is 0 Å². The van der Waals surface area contributed by atoms with E-state index in [4.69, 9.17) is 0 Å². The SMILES string of the molecule is CN1CC[C@H](Nc2cccc3c2S(=O)(=O)C=C3n2cccc2)[C@H](F)C1. The van der Waals surface area contributed by atoms with Crippen molar-refractivity contribution in [3.8, 4) is 0 Å².